The Kier molecular flexibility index (Phi) is 21.5. The van der Waals surface area contributed by atoms with Crippen LogP contribution in [0.3, 0.4) is 0 Å². The lowest BCUT2D eigenvalue weighted by molar-refractivity contribution is -0.147. The number of ether oxygens (including phenoxy) is 2. The molecule has 4 heteroatoms. The summed E-state index contributed by atoms with van der Waals surface area (Å²) in [5.41, 5.74) is 0. The van der Waals surface area contributed by atoms with Gasteiger partial charge in [-0.2, -0.15) is 0 Å². The predicted octanol–water partition coefficient (Wildman–Crippen LogP) is 5.24. The number of carbonyl (C=O) groups excluding carboxylic acids is 2. The molecule has 1 fully saturated rings. The molecule has 1 aliphatic rings. The van der Waals surface area contributed by atoms with Crippen LogP contribution in [0.2, 0.25) is 0 Å². The summed E-state index contributed by atoms with van der Waals surface area (Å²) in [6.07, 6.45) is 5.14. The van der Waals surface area contributed by atoms with Crippen LogP contribution in [0.4, 0.5) is 0 Å². The Bertz CT molecular complexity index is 240. The summed E-state index contributed by atoms with van der Waals surface area (Å²) in [7, 11) is 0. The van der Waals surface area contributed by atoms with Crippen LogP contribution < -0.4 is 0 Å². The summed E-state index contributed by atoms with van der Waals surface area (Å²) < 4.78 is 10.3. The molecule has 0 radical (unpaired) electrons. The van der Waals surface area contributed by atoms with Crippen molar-refractivity contribution in [1.82, 2.24) is 0 Å². The Hall–Kier alpha value is -1.06. The first-order chi connectivity index (χ1) is 8.65. The van der Waals surface area contributed by atoms with E-state index >= 15 is 0 Å². The van der Waals surface area contributed by atoms with Crippen molar-refractivity contribution in [1.29, 1.82) is 0 Å². The first-order valence-electron chi connectivity index (χ1n) is 6.96. The number of hydrogen-bond donors (Lipinski definition) is 0. The largest absolute Gasteiger partial charge is 0.465 e. The van der Waals surface area contributed by atoms with Gasteiger partial charge in [0.25, 0.3) is 0 Å². The Balaban J connectivity index is -0.000000405. The minimum Gasteiger partial charge on any atom is -0.465 e. The quantitative estimate of drug-likeness (QED) is 0.628. The van der Waals surface area contributed by atoms with Gasteiger partial charge >= 0.3 is 11.9 Å². The maximum Gasteiger partial charge on any atom is 0.305 e. The Morgan fingerprint density at radius 2 is 1.00 bits per heavy atom. The summed E-state index contributed by atoms with van der Waals surface area (Å²) >= 11 is 0. The van der Waals surface area contributed by atoms with E-state index in [1.165, 1.54) is 0 Å². The zero-order chi connectivity index (χ0) is 13.4. The highest BCUT2D eigenvalue weighted by Crippen LogP contribution is 2.29. The van der Waals surface area contributed by atoms with Gasteiger partial charge in [0.1, 0.15) is 0 Å². The molecule has 0 aliphatic heterocycles. The highest BCUT2D eigenvalue weighted by atomic mass is 16.5. The van der Waals surface area contributed by atoms with Gasteiger partial charge in [0.05, 0.1) is 13.2 Å². The van der Waals surface area contributed by atoms with E-state index < -0.39 is 0 Å². The van der Waals surface area contributed by atoms with Gasteiger partial charge in [0.15, 0.2) is 0 Å². The van der Waals surface area contributed by atoms with Crippen LogP contribution in [-0.2, 0) is 19.1 Å². The van der Waals surface area contributed by atoms with Crippen LogP contribution in [0.5, 0.6) is 0 Å². The van der Waals surface area contributed by atoms with Crippen LogP contribution in [-0.4, -0.2) is 25.2 Å². The minimum absolute atomic E-state index is 0. The van der Waals surface area contributed by atoms with Gasteiger partial charge in [-0.1, -0.05) is 43.6 Å². The highest BCUT2D eigenvalue weighted by molar-refractivity contribution is 5.69. The molecule has 1 rings (SSSR count). The molecule has 1 aliphatic carbocycles. The van der Waals surface area contributed by atoms with Crippen molar-refractivity contribution in [2.45, 2.75) is 82.1 Å². The molecule has 0 bridgehead atoms. The second-order valence-electron chi connectivity index (χ2n) is 4.96. The molecule has 0 aromatic carbocycles. The molecule has 0 spiro atoms. The second-order valence-corrected chi connectivity index (χ2v) is 4.96. The smallest absolute Gasteiger partial charge is 0.305 e. The fourth-order valence-corrected chi connectivity index (χ4v) is 2.19. The molecule has 136 valence electrons. The maximum absolute atomic E-state index is 11.0. The molecular formula is C18H40O4. The van der Waals surface area contributed by atoms with E-state index in [0.29, 0.717) is 37.9 Å². The summed E-state index contributed by atoms with van der Waals surface area (Å²) in [5.74, 6) is 0.736. The highest BCUT2D eigenvalue weighted by Gasteiger charge is 2.23. The molecule has 22 heavy (non-hydrogen) atoms. The third kappa shape index (κ3) is 11.6. The SMILES string of the molecule is C.C.C.C.CCC(=O)OCC1CCC(COC(=O)CC)CC1. The third-order valence-electron chi connectivity index (χ3n) is 3.50. The average Bonchev–Trinajstić information content (AvgIpc) is 2.43. The summed E-state index contributed by atoms with van der Waals surface area (Å²) in [5, 5.41) is 0. The Labute approximate surface area is 139 Å². The average molecular weight is 321 g/mol. The van der Waals surface area contributed by atoms with E-state index in [-0.39, 0.29) is 41.6 Å². The van der Waals surface area contributed by atoms with Crippen molar-refractivity contribution in [3.63, 3.8) is 0 Å². The normalized spacial score (nSPS) is 19.2. The Morgan fingerprint density at radius 3 is 1.23 bits per heavy atom. The van der Waals surface area contributed by atoms with Gasteiger partial charge < -0.3 is 9.47 Å². The van der Waals surface area contributed by atoms with Gasteiger partial charge in [-0.05, 0) is 37.5 Å². The van der Waals surface area contributed by atoms with Gasteiger partial charge in [-0.25, -0.2) is 0 Å². The molecule has 0 aromatic heterocycles. The predicted molar refractivity (Wildman–Crippen MR) is 94.9 cm³/mol. The summed E-state index contributed by atoms with van der Waals surface area (Å²) in [4.78, 5) is 22.1. The van der Waals surface area contributed by atoms with Crippen LogP contribution in [0.15, 0.2) is 0 Å². The fourth-order valence-electron chi connectivity index (χ4n) is 2.19. The van der Waals surface area contributed by atoms with E-state index in [1.807, 2.05) is 0 Å². The number of hydrogen-bond acceptors (Lipinski definition) is 4. The minimum atomic E-state index is -0.117. The fraction of sp³-hybridized carbons (Fsp3) is 0.889. The van der Waals surface area contributed by atoms with Crippen molar-refractivity contribution < 1.29 is 19.1 Å². The van der Waals surface area contributed by atoms with E-state index in [4.69, 9.17) is 9.47 Å². The molecule has 4 nitrogen and oxygen atoms in total. The summed E-state index contributed by atoms with van der Waals surface area (Å²) in [6.45, 7) is 4.71. The van der Waals surface area contributed by atoms with Crippen LogP contribution in [0.1, 0.15) is 82.1 Å². The van der Waals surface area contributed by atoms with Crippen LogP contribution >= 0.6 is 0 Å². The van der Waals surface area contributed by atoms with Crippen LogP contribution in [0.25, 0.3) is 0 Å². The summed E-state index contributed by atoms with van der Waals surface area (Å²) in [6, 6.07) is 0. The molecule has 0 amide bonds. The third-order valence-corrected chi connectivity index (χ3v) is 3.50. The molecule has 0 aromatic rings. The standard InChI is InChI=1S/C14H24O4.4CH4/c1-3-13(15)17-9-11-5-7-12(8-6-11)10-18-14(16)4-2;;;;/h11-12H,3-10H2,1-2H3;4*1H4. The van der Waals surface area contributed by atoms with Gasteiger partial charge in [0, 0.05) is 12.8 Å². The molecule has 1 saturated carbocycles. The van der Waals surface area contributed by atoms with Crippen molar-refractivity contribution in [3.05, 3.63) is 0 Å². The van der Waals surface area contributed by atoms with E-state index in [1.54, 1.807) is 13.8 Å². The van der Waals surface area contributed by atoms with E-state index in [2.05, 4.69) is 0 Å². The number of esters is 2. The molecule has 0 unspecified atom stereocenters. The van der Waals surface area contributed by atoms with Gasteiger partial charge in [-0.15, -0.1) is 0 Å². The molecule has 0 heterocycles. The zero-order valence-corrected chi connectivity index (χ0v) is 11.4. The zero-order valence-electron chi connectivity index (χ0n) is 11.4. The topological polar surface area (TPSA) is 52.6 Å². The van der Waals surface area contributed by atoms with Gasteiger partial charge in [-0.3, -0.25) is 9.59 Å². The van der Waals surface area contributed by atoms with Crippen molar-refractivity contribution in [3.8, 4) is 0 Å². The van der Waals surface area contributed by atoms with Crippen molar-refractivity contribution in [2.75, 3.05) is 13.2 Å². The lowest BCUT2D eigenvalue weighted by Gasteiger charge is -2.27. The number of carbonyl (C=O) groups is 2. The maximum atomic E-state index is 11.0. The van der Waals surface area contributed by atoms with Gasteiger partial charge in [0.2, 0.25) is 0 Å². The van der Waals surface area contributed by atoms with Crippen molar-refractivity contribution >= 4 is 11.9 Å². The molecule has 0 N–H and O–H groups in total. The molecule has 0 saturated heterocycles. The Morgan fingerprint density at radius 1 is 0.727 bits per heavy atom. The number of rotatable bonds is 6. The monoisotopic (exact) mass is 320 g/mol. The second kappa shape index (κ2) is 16.3. The van der Waals surface area contributed by atoms with E-state index in [0.717, 1.165) is 25.7 Å². The first-order valence-corrected chi connectivity index (χ1v) is 6.96. The first kappa shape index (κ1) is 29.0. The molecule has 0 atom stereocenters. The van der Waals surface area contributed by atoms with E-state index in [9.17, 15) is 9.59 Å². The van der Waals surface area contributed by atoms with Crippen molar-refractivity contribution in [2.24, 2.45) is 11.8 Å². The lowest BCUT2D eigenvalue weighted by Crippen LogP contribution is -2.23. The lowest BCUT2D eigenvalue weighted by atomic mass is 9.83. The molecular weight excluding hydrogens is 280 g/mol. The van der Waals surface area contributed by atoms with Crippen LogP contribution in [0, 0.1) is 11.8 Å².